The van der Waals surface area contributed by atoms with Gasteiger partial charge in [-0.05, 0) is 23.7 Å². The minimum Gasteiger partial charge on any atom is -0.467 e. The molecular weight excluding hydrogens is 262 g/mol. The molecule has 1 aliphatic rings. The van der Waals surface area contributed by atoms with Gasteiger partial charge in [0.2, 0.25) is 0 Å². The molecule has 7 heteroatoms. The van der Waals surface area contributed by atoms with Crippen LogP contribution >= 0.6 is 11.6 Å². The van der Waals surface area contributed by atoms with E-state index in [1.165, 1.54) is 24.1 Å². The fraction of sp³-hybridized carbons (Fsp3) is 0.455. The molecule has 0 bridgehead atoms. The molecule has 1 amide bonds. The minimum atomic E-state index is -0.750. The van der Waals surface area contributed by atoms with Gasteiger partial charge in [0.1, 0.15) is 0 Å². The molecule has 18 heavy (non-hydrogen) atoms. The fourth-order valence-corrected chi connectivity index (χ4v) is 1.89. The van der Waals surface area contributed by atoms with Gasteiger partial charge < -0.3 is 18.8 Å². The molecule has 0 radical (unpaired) electrons. The van der Waals surface area contributed by atoms with Gasteiger partial charge in [0.25, 0.3) is 5.91 Å². The van der Waals surface area contributed by atoms with Crippen LogP contribution in [0.25, 0.3) is 0 Å². The molecule has 1 unspecified atom stereocenters. The maximum Gasteiger partial charge on any atom is 0.331 e. The van der Waals surface area contributed by atoms with Crippen LogP contribution in [0.4, 0.5) is 0 Å². The summed E-state index contributed by atoms with van der Waals surface area (Å²) < 4.78 is 14.9. The van der Waals surface area contributed by atoms with Gasteiger partial charge in [-0.15, -0.1) is 0 Å². The van der Waals surface area contributed by atoms with Crippen LogP contribution in [0.1, 0.15) is 10.6 Å². The SMILES string of the molecule is COC(=O)C1COCCN1C(=O)c1ccc(Cl)o1. The first-order valence-electron chi connectivity index (χ1n) is 5.35. The average molecular weight is 274 g/mol. The van der Waals surface area contributed by atoms with Crippen molar-refractivity contribution in [2.75, 3.05) is 26.9 Å². The highest BCUT2D eigenvalue weighted by Crippen LogP contribution is 2.18. The van der Waals surface area contributed by atoms with Gasteiger partial charge in [-0.2, -0.15) is 0 Å². The van der Waals surface area contributed by atoms with E-state index in [4.69, 9.17) is 20.8 Å². The summed E-state index contributed by atoms with van der Waals surface area (Å²) in [5.41, 5.74) is 0. The van der Waals surface area contributed by atoms with Crippen molar-refractivity contribution in [1.29, 1.82) is 0 Å². The summed E-state index contributed by atoms with van der Waals surface area (Å²) in [6, 6.07) is 2.19. The molecule has 2 heterocycles. The van der Waals surface area contributed by atoms with Gasteiger partial charge >= 0.3 is 5.97 Å². The van der Waals surface area contributed by atoms with Gasteiger partial charge in [-0.3, -0.25) is 4.79 Å². The first-order valence-corrected chi connectivity index (χ1v) is 5.73. The molecule has 0 aliphatic carbocycles. The Morgan fingerprint density at radius 3 is 2.89 bits per heavy atom. The number of hydrogen-bond acceptors (Lipinski definition) is 5. The number of morpholine rings is 1. The third-order valence-electron chi connectivity index (χ3n) is 2.65. The molecule has 2 rings (SSSR count). The molecule has 0 saturated carbocycles. The third-order valence-corrected chi connectivity index (χ3v) is 2.85. The molecular formula is C11H12ClNO5. The minimum absolute atomic E-state index is 0.0933. The highest BCUT2D eigenvalue weighted by molar-refractivity contribution is 6.29. The Morgan fingerprint density at radius 1 is 1.50 bits per heavy atom. The van der Waals surface area contributed by atoms with Gasteiger partial charge in [-0.25, -0.2) is 4.79 Å². The Kier molecular flexibility index (Phi) is 3.88. The second-order valence-electron chi connectivity index (χ2n) is 3.72. The number of ether oxygens (including phenoxy) is 2. The monoisotopic (exact) mass is 273 g/mol. The van der Waals surface area contributed by atoms with E-state index in [2.05, 4.69) is 4.74 Å². The molecule has 0 N–H and O–H groups in total. The predicted molar refractivity (Wildman–Crippen MR) is 61.4 cm³/mol. The van der Waals surface area contributed by atoms with Gasteiger partial charge in [0.15, 0.2) is 17.0 Å². The number of carbonyl (C=O) groups is 2. The summed E-state index contributed by atoms with van der Waals surface area (Å²) in [7, 11) is 1.27. The zero-order valence-electron chi connectivity index (χ0n) is 9.72. The third kappa shape index (κ3) is 2.49. The maximum atomic E-state index is 12.2. The number of halogens is 1. The van der Waals surface area contributed by atoms with Crippen molar-refractivity contribution < 1.29 is 23.5 Å². The van der Waals surface area contributed by atoms with Crippen LogP contribution in [0.5, 0.6) is 0 Å². The summed E-state index contributed by atoms with van der Waals surface area (Å²) in [5.74, 6) is -0.822. The summed E-state index contributed by atoms with van der Waals surface area (Å²) in [5, 5.41) is 0.126. The number of methoxy groups -OCH3 is 1. The van der Waals surface area contributed by atoms with Crippen LogP contribution < -0.4 is 0 Å². The number of esters is 1. The van der Waals surface area contributed by atoms with Crippen LogP contribution in [-0.2, 0) is 14.3 Å². The van der Waals surface area contributed by atoms with Crippen molar-refractivity contribution in [2.24, 2.45) is 0 Å². The highest BCUT2D eigenvalue weighted by atomic mass is 35.5. The van der Waals surface area contributed by atoms with Gasteiger partial charge in [0.05, 0.1) is 20.3 Å². The first-order chi connectivity index (χ1) is 8.63. The molecule has 0 aromatic carbocycles. The normalized spacial score (nSPS) is 19.7. The lowest BCUT2D eigenvalue weighted by atomic mass is 10.2. The number of carbonyl (C=O) groups excluding carboxylic acids is 2. The quantitative estimate of drug-likeness (QED) is 0.751. The van der Waals surface area contributed by atoms with E-state index < -0.39 is 17.9 Å². The second-order valence-corrected chi connectivity index (χ2v) is 4.09. The van der Waals surface area contributed by atoms with E-state index in [9.17, 15) is 9.59 Å². The topological polar surface area (TPSA) is 69.0 Å². The number of nitrogens with zero attached hydrogens (tertiary/aromatic N) is 1. The van der Waals surface area contributed by atoms with Crippen LogP contribution in [0.15, 0.2) is 16.5 Å². The highest BCUT2D eigenvalue weighted by Gasteiger charge is 2.35. The van der Waals surface area contributed by atoms with Gasteiger partial charge in [-0.1, -0.05) is 0 Å². The van der Waals surface area contributed by atoms with E-state index in [1.807, 2.05) is 0 Å². The number of hydrogen-bond donors (Lipinski definition) is 0. The molecule has 1 saturated heterocycles. The molecule has 1 aromatic heterocycles. The van der Waals surface area contributed by atoms with Crippen molar-refractivity contribution >= 4 is 23.5 Å². The van der Waals surface area contributed by atoms with Crippen molar-refractivity contribution in [3.63, 3.8) is 0 Å². The first kappa shape index (κ1) is 12.9. The standard InChI is InChI=1S/C11H12ClNO5/c1-16-11(15)7-6-17-5-4-13(7)10(14)8-2-3-9(12)18-8/h2-3,7H,4-6H2,1H3. The zero-order valence-corrected chi connectivity index (χ0v) is 10.5. The Balaban J connectivity index is 2.18. The molecule has 6 nitrogen and oxygen atoms in total. The summed E-state index contributed by atoms with van der Waals surface area (Å²) in [6.45, 7) is 0.789. The summed E-state index contributed by atoms with van der Waals surface area (Å²) >= 11 is 5.62. The second kappa shape index (κ2) is 5.41. The maximum absolute atomic E-state index is 12.2. The van der Waals surface area contributed by atoms with Gasteiger partial charge in [0, 0.05) is 6.54 Å². The average Bonchev–Trinajstić information content (AvgIpc) is 2.83. The molecule has 1 aliphatic heterocycles. The summed E-state index contributed by atoms with van der Waals surface area (Å²) in [6.07, 6.45) is 0. The van der Waals surface area contributed by atoms with Crippen molar-refractivity contribution in [3.8, 4) is 0 Å². The Hall–Kier alpha value is -1.53. The lowest BCUT2D eigenvalue weighted by molar-refractivity contribution is -0.151. The lowest BCUT2D eigenvalue weighted by Crippen LogP contribution is -2.52. The van der Waals surface area contributed by atoms with E-state index in [1.54, 1.807) is 0 Å². The summed E-state index contributed by atoms with van der Waals surface area (Å²) in [4.78, 5) is 25.1. The van der Waals surface area contributed by atoms with E-state index in [-0.39, 0.29) is 17.6 Å². The number of rotatable bonds is 2. The molecule has 1 atom stereocenters. The molecule has 1 aromatic rings. The lowest BCUT2D eigenvalue weighted by Gasteiger charge is -2.32. The smallest absolute Gasteiger partial charge is 0.331 e. The van der Waals surface area contributed by atoms with E-state index in [0.29, 0.717) is 13.2 Å². The van der Waals surface area contributed by atoms with Crippen molar-refractivity contribution in [2.45, 2.75) is 6.04 Å². The molecule has 0 spiro atoms. The Bertz CT molecular complexity index is 458. The van der Waals surface area contributed by atoms with Crippen LogP contribution in [0, 0.1) is 0 Å². The van der Waals surface area contributed by atoms with E-state index in [0.717, 1.165) is 0 Å². The fourth-order valence-electron chi connectivity index (χ4n) is 1.75. The van der Waals surface area contributed by atoms with E-state index >= 15 is 0 Å². The number of furan rings is 1. The molecule has 98 valence electrons. The van der Waals surface area contributed by atoms with Crippen molar-refractivity contribution in [3.05, 3.63) is 23.1 Å². The number of amides is 1. The Morgan fingerprint density at radius 2 is 2.28 bits per heavy atom. The largest absolute Gasteiger partial charge is 0.467 e. The predicted octanol–water partition coefficient (Wildman–Crippen LogP) is 0.947. The van der Waals surface area contributed by atoms with Crippen molar-refractivity contribution in [1.82, 2.24) is 4.90 Å². The molecule has 1 fully saturated rings. The zero-order chi connectivity index (χ0) is 13.1. The van der Waals surface area contributed by atoms with Crippen LogP contribution in [0.2, 0.25) is 5.22 Å². The Labute approximate surface area is 108 Å². The van der Waals surface area contributed by atoms with Crippen LogP contribution in [0.3, 0.4) is 0 Å². The van der Waals surface area contributed by atoms with Crippen LogP contribution in [-0.4, -0.2) is 49.7 Å².